The van der Waals surface area contributed by atoms with Crippen molar-refractivity contribution >= 4 is 0 Å². The summed E-state index contributed by atoms with van der Waals surface area (Å²) in [6.45, 7) is 34.9. The van der Waals surface area contributed by atoms with E-state index in [0.717, 1.165) is 11.8 Å². The average Bonchev–Trinajstić information content (AvgIpc) is 2.51. The van der Waals surface area contributed by atoms with Crippen LogP contribution in [0.1, 0.15) is 117 Å². The molecular formula is C27H60N2. The van der Waals surface area contributed by atoms with E-state index in [0.29, 0.717) is 29.0 Å². The van der Waals surface area contributed by atoms with Crippen LogP contribution in [0.25, 0.3) is 0 Å². The first kappa shape index (κ1) is 31.1. The maximum absolute atomic E-state index is 2.54. The Bertz CT molecular complexity index is 419. The van der Waals surface area contributed by atoms with Crippen LogP contribution in [0.15, 0.2) is 0 Å². The number of nitrogens with zero attached hydrogens (tertiary/aromatic N) is 2. The lowest BCUT2D eigenvalue weighted by molar-refractivity contribution is 0.0136. The van der Waals surface area contributed by atoms with Gasteiger partial charge in [0.2, 0.25) is 0 Å². The molecule has 2 heteroatoms. The topological polar surface area (TPSA) is 6.48 Å². The van der Waals surface area contributed by atoms with Gasteiger partial charge >= 0.3 is 0 Å². The molecule has 0 saturated carbocycles. The van der Waals surface area contributed by atoms with Gasteiger partial charge in [0.1, 0.15) is 0 Å². The highest BCUT2D eigenvalue weighted by Crippen LogP contribution is 2.34. The maximum atomic E-state index is 2.54. The quantitative estimate of drug-likeness (QED) is 0.418. The smallest absolute Gasteiger partial charge is 0.0171 e. The zero-order valence-corrected chi connectivity index (χ0v) is 23.7. The highest BCUT2D eigenvalue weighted by atomic mass is 15.2. The van der Waals surface area contributed by atoms with Crippen LogP contribution in [0.3, 0.4) is 0 Å². The van der Waals surface area contributed by atoms with Crippen LogP contribution >= 0.6 is 0 Å². The minimum Gasteiger partial charge on any atom is -0.300 e. The number of hydrogen-bond donors (Lipinski definition) is 0. The lowest BCUT2D eigenvalue weighted by atomic mass is 9.76. The fourth-order valence-corrected chi connectivity index (χ4v) is 4.87. The summed E-state index contributed by atoms with van der Waals surface area (Å²) in [5.41, 5.74) is 0.966. The highest BCUT2D eigenvalue weighted by Gasteiger charge is 2.36. The van der Waals surface area contributed by atoms with Crippen molar-refractivity contribution in [3.8, 4) is 0 Å². The van der Waals surface area contributed by atoms with Crippen molar-refractivity contribution in [2.45, 2.75) is 140 Å². The minimum absolute atomic E-state index is 0.251. The number of rotatable bonds is 7. The Labute approximate surface area is 187 Å². The van der Waals surface area contributed by atoms with E-state index in [9.17, 15) is 0 Å². The van der Waals surface area contributed by atoms with Gasteiger partial charge in [-0.25, -0.2) is 0 Å². The van der Waals surface area contributed by atoms with Crippen LogP contribution in [0.4, 0.5) is 0 Å². The van der Waals surface area contributed by atoms with Gasteiger partial charge < -0.3 is 4.90 Å². The van der Waals surface area contributed by atoms with Gasteiger partial charge in [-0.3, -0.25) is 4.90 Å². The summed E-state index contributed by atoms with van der Waals surface area (Å²) in [5, 5.41) is 0. The van der Waals surface area contributed by atoms with Crippen LogP contribution in [0, 0.1) is 22.7 Å². The average molecular weight is 413 g/mol. The Morgan fingerprint density at radius 1 is 0.586 bits per heavy atom. The number of hydrogen-bond acceptors (Lipinski definition) is 2. The van der Waals surface area contributed by atoms with Gasteiger partial charge in [-0.15, -0.1) is 0 Å². The molecule has 0 N–H and O–H groups in total. The van der Waals surface area contributed by atoms with Gasteiger partial charge in [-0.05, 0) is 71.4 Å². The molecule has 0 radical (unpaired) electrons. The van der Waals surface area contributed by atoms with Crippen LogP contribution in [0.5, 0.6) is 0 Å². The van der Waals surface area contributed by atoms with Gasteiger partial charge in [0.25, 0.3) is 0 Å². The molecule has 0 aromatic rings. The third kappa shape index (κ3) is 10.7. The predicted molar refractivity (Wildman–Crippen MR) is 136 cm³/mol. The lowest BCUT2D eigenvalue weighted by Gasteiger charge is -2.48. The Kier molecular flexibility index (Phi) is 13.0. The Morgan fingerprint density at radius 2 is 0.897 bits per heavy atom. The fraction of sp³-hybridized carbons (Fsp3) is 1.00. The van der Waals surface area contributed by atoms with Gasteiger partial charge in [0.15, 0.2) is 0 Å². The summed E-state index contributed by atoms with van der Waals surface area (Å²) < 4.78 is 0. The van der Waals surface area contributed by atoms with E-state index in [1.165, 1.54) is 12.8 Å². The first-order valence-electron chi connectivity index (χ1n) is 12.2. The lowest BCUT2D eigenvalue weighted by Crippen LogP contribution is -2.53. The summed E-state index contributed by atoms with van der Waals surface area (Å²) >= 11 is 0. The molecule has 0 heterocycles. The van der Waals surface area contributed by atoms with Crippen molar-refractivity contribution in [3.63, 3.8) is 0 Å². The Hall–Kier alpha value is -0.0800. The van der Waals surface area contributed by atoms with E-state index >= 15 is 0 Å². The minimum atomic E-state index is 0.251. The summed E-state index contributed by atoms with van der Waals surface area (Å²) in [5.74, 6) is 1.51. The van der Waals surface area contributed by atoms with Gasteiger partial charge in [0, 0.05) is 23.7 Å². The zero-order chi connectivity index (χ0) is 24.0. The van der Waals surface area contributed by atoms with E-state index in [2.05, 4.69) is 128 Å². The Balaban J connectivity index is 0. The molecule has 0 unspecified atom stereocenters. The van der Waals surface area contributed by atoms with Gasteiger partial charge in [0.05, 0.1) is 0 Å². The molecule has 0 fully saturated rings. The zero-order valence-electron chi connectivity index (χ0n) is 23.7. The van der Waals surface area contributed by atoms with Crippen molar-refractivity contribution in [2.75, 3.05) is 14.1 Å². The summed E-state index contributed by atoms with van der Waals surface area (Å²) in [7, 11) is 4.52. The second-order valence-electron chi connectivity index (χ2n) is 12.9. The van der Waals surface area contributed by atoms with Crippen molar-refractivity contribution in [1.29, 1.82) is 0 Å². The van der Waals surface area contributed by atoms with E-state index < -0.39 is 0 Å². The molecule has 0 aliphatic rings. The van der Waals surface area contributed by atoms with Crippen LogP contribution in [0.2, 0.25) is 0 Å². The molecule has 0 saturated heterocycles. The van der Waals surface area contributed by atoms with Crippen LogP contribution < -0.4 is 0 Å². The van der Waals surface area contributed by atoms with E-state index in [1.807, 2.05) is 0 Å². The normalized spacial score (nSPS) is 17.8. The van der Waals surface area contributed by atoms with Crippen molar-refractivity contribution in [2.24, 2.45) is 22.7 Å². The molecule has 4 atom stereocenters. The molecule has 0 amide bonds. The SMILES string of the molecule is CC[C@H](C)[C@H](N(C)C(C)(C)C)C(C)(C)C.CC[C@H](C)[C@H](N(C)C(C)C)C(C)(C)C. The molecule has 0 aliphatic heterocycles. The second kappa shape index (κ2) is 12.1. The van der Waals surface area contributed by atoms with Crippen molar-refractivity contribution in [3.05, 3.63) is 0 Å². The fourth-order valence-electron chi connectivity index (χ4n) is 4.87. The first-order valence-corrected chi connectivity index (χ1v) is 12.2. The molecular weight excluding hydrogens is 352 g/mol. The van der Waals surface area contributed by atoms with Crippen LogP contribution in [-0.4, -0.2) is 47.6 Å². The van der Waals surface area contributed by atoms with Gasteiger partial charge in [-0.1, -0.05) is 82.1 Å². The molecule has 2 nitrogen and oxygen atoms in total. The van der Waals surface area contributed by atoms with E-state index in [4.69, 9.17) is 0 Å². The first-order chi connectivity index (χ1) is 12.7. The molecule has 0 aromatic heterocycles. The van der Waals surface area contributed by atoms with Crippen molar-refractivity contribution < 1.29 is 0 Å². The maximum Gasteiger partial charge on any atom is 0.0171 e. The van der Waals surface area contributed by atoms with E-state index in [1.54, 1.807) is 0 Å². The molecule has 0 aliphatic carbocycles. The van der Waals surface area contributed by atoms with E-state index in [-0.39, 0.29) is 5.54 Å². The largest absolute Gasteiger partial charge is 0.300 e. The predicted octanol–water partition coefficient (Wildman–Crippen LogP) is 7.96. The standard InChI is InChI=1S/C14H31N.C13H29N/c1-10-11(2)12(13(3,4)5)15(9)14(6,7)8;1-9-11(4)12(13(5,6)7)14(8)10(2)3/h11-12H,10H2,1-9H3;10-12H,9H2,1-8H3/t2*11-,12-/m00/s1. The molecule has 0 rings (SSSR count). The summed E-state index contributed by atoms with van der Waals surface area (Å²) in [6, 6.07) is 1.95. The summed E-state index contributed by atoms with van der Waals surface area (Å²) in [6.07, 6.45) is 2.52. The van der Waals surface area contributed by atoms with Crippen LogP contribution in [-0.2, 0) is 0 Å². The molecule has 0 bridgehead atoms. The summed E-state index contributed by atoms with van der Waals surface area (Å²) in [4.78, 5) is 5.06. The second-order valence-corrected chi connectivity index (χ2v) is 12.9. The third-order valence-electron chi connectivity index (χ3n) is 6.87. The monoisotopic (exact) mass is 412 g/mol. The molecule has 0 spiro atoms. The molecule has 0 aromatic carbocycles. The molecule has 178 valence electrons. The Morgan fingerprint density at radius 3 is 1.10 bits per heavy atom. The third-order valence-corrected chi connectivity index (χ3v) is 6.87. The van der Waals surface area contributed by atoms with Crippen molar-refractivity contribution in [1.82, 2.24) is 9.80 Å². The van der Waals surface area contributed by atoms with Gasteiger partial charge in [-0.2, -0.15) is 0 Å². The molecule has 29 heavy (non-hydrogen) atoms. The highest BCUT2D eigenvalue weighted by molar-refractivity contribution is 4.90.